The Labute approximate surface area is 146 Å². The van der Waals surface area contributed by atoms with E-state index < -0.39 is 0 Å². The quantitative estimate of drug-likeness (QED) is 0.873. The molecule has 1 N–H and O–H groups in total. The summed E-state index contributed by atoms with van der Waals surface area (Å²) >= 11 is 1.49. The van der Waals surface area contributed by atoms with E-state index in [1.807, 2.05) is 13.0 Å². The summed E-state index contributed by atoms with van der Waals surface area (Å²) in [7, 11) is 3.22. The molecule has 0 saturated heterocycles. The Morgan fingerprint density at radius 3 is 2.46 bits per heavy atom. The predicted octanol–water partition coefficient (Wildman–Crippen LogP) is 3.34. The Hall–Kier alpha value is -2.34. The zero-order chi connectivity index (χ0) is 17.7. The molecule has 0 radical (unpaired) electrons. The largest absolute Gasteiger partial charge is 0.497 e. The predicted molar refractivity (Wildman–Crippen MR) is 97.0 cm³/mol. The standard InChI is InChI=1S/C18H22N2O3S/c1-5-15-12(2)10-16(24-15)18(22)20(3)11-17(21)19-13-6-8-14(23-4)9-7-13/h6-10H,5,11H2,1-4H3,(H,19,21). The Morgan fingerprint density at radius 1 is 1.25 bits per heavy atom. The summed E-state index contributed by atoms with van der Waals surface area (Å²) < 4.78 is 5.08. The van der Waals surface area contributed by atoms with Gasteiger partial charge in [-0.3, -0.25) is 9.59 Å². The second kappa shape index (κ2) is 7.97. The Morgan fingerprint density at radius 2 is 1.92 bits per heavy atom. The molecule has 0 aliphatic heterocycles. The second-order valence-electron chi connectivity index (χ2n) is 5.51. The molecule has 0 bridgehead atoms. The summed E-state index contributed by atoms with van der Waals surface area (Å²) in [5, 5.41) is 2.77. The Kier molecular flexibility index (Phi) is 5.98. The van der Waals surface area contributed by atoms with Crippen LogP contribution in [0, 0.1) is 6.92 Å². The summed E-state index contributed by atoms with van der Waals surface area (Å²) in [6, 6.07) is 8.95. The monoisotopic (exact) mass is 346 g/mol. The van der Waals surface area contributed by atoms with Crippen molar-refractivity contribution < 1.29 is 14.3 Å². The molecule has 6 heteroatoms. The van der Waals surface area contributed by atoms with Gasteiger partial charge in [0.2, 0.25) is 5.91 Å². The van der Waals surface area contributed by atoms with Crippen molar-refractivity contribution in [2.24, 2.45) is 0 Å². The lowest BCUT2D eigenvalue weighted by Gasteiger charge is -2.16. The molecule has 24 heavy (non-hydrogen) atoms. The number of carbonyl (C=O) groups is 2. The highest BCUT2D eigenvalue weighted by molar-refractivity contribution is 7.14. The fraction of sp³-hybridized carbons (Fsp3) is 0.333. The molecule has 2 aromatic rings. The summed E-state index contributed by atoms with van der Waals surface area (Å²) in [5.74, 6) is 0.354. The third-order valence-electron chi connectivity index (χ3n) is 3.65. The summed E-state index contributed by atoms with van der Waals surface area (Å²) in [4.78, 5) is 27.9. The van der Waals surface area contributed by atoms with Crippen LogP contribution in [-0.2, 0) is 11.2 Å². The van der Waals surface area contributed by atoms with Gasteiger partial charge in [-0.05, 0) is 49.2 Å². The minimum absolute atomic E-state index is 0.00324. The molecule has 1 heterocycles. The van der Waals surface area contributed by atoms with Gasteiger partial charge in [0.25, 0.3) is 5.91 Å². The van der Waals surface area contributed by atoms with Crippen LogP contribution in [0.2, 0.25) is 0 Å². The highest BCUT2D eigenvalue weighted by Crippen LogP contribution is 2.23. The molecule has 5 nitrogen and oxygen atoms in total. The second-order valence-corrected chi connectivity index (χ2v) is 6.65. The van der Waals surface area contributed by atoms with Gasteiger partial charge in [0, 0.05) is 17.6 Å². The van der Waals surface area contributed by atoms with Crippen LogP contribution in [0.5, 0.6) is 5.75 Å². The molecule has 2 rings (SSSR count). The van der Waals surface area contributed by atoms with Crippen molar-refractivity contribution in [1.82, 2.24) is 4.90 Å². The first-order valence-electron chi connectivity index (χ1n) is 7.73. The topological polar surface area (TPSA) is 58.6 Å². The van der Waals surface area contributed by atoms with E-state index in [1.165, 1.54) is 21.1 Å². The van der Waals surface area contributed by atoms with Crippen LogP contribution in [0.3, 0.4) is 0 Å². The molecule has 1 aromatic carbocycles. The van der Waals surface area contributed by atoms with Crippen LogP contribution >= 0.6 is 11.3 Å². The molecule has 0 aliphatic rings. The van der Waals surface area contributed by atoms with Crippen LogP contribution in [0.1, 0.15) is 27.0 Å². The van der Waals surface area contributed by atoms with Gasteiger partial charge in [-0.1, -0.05) is 6.92 Å². The number of amides is 2. The van der Waals surface area contributed by atoms with E-state index in [0.717, 1.165) is 17.7 Å². The van der Waals surface area contributed by atoms with Crippen LogP contribution in [0.15, 0.2) is 30.3 Å². The summed E-state index contributed by atoms with van der Waals surface area (Å²) in [5.41, 5.74) is 1.80. The van der Waals surface area contributed by atoms with Gasteiger partial charge in [0.15, 0.2) is 0 Å². The van der Waals surface area contributed by atoms with Gasteiger partial charge >= 0.3 is 0 Å². The van der Waals surface area contributed by atoms with Gasteiger partial charge in [-0.2, -0.15) is 0 Å². The molecule has 1 aromatic heterocycles. The van der Waals surface area contributed by atoms with Crippen molar-refractivity contribution in [3.63, 3.8) is 0 Å². The van der Waals surface area contributed by atoms with E-state index in [9.17, 15) is 9.59 Å². The number of anilines is 1. The molecular formula is C18H22N2O3S. The lowest BCUT2D eigenvalue weighted by Crippen LogP contribution is -2.34. The number of hydrogen-bond donors (Lipinski definition) is 1. The van der Waals surface area contributed by atoms with Crippen LogP contribution < -0.4 is 10.1 Å². The minimum atomic E-state index is -0.236. The summed E-state index contributed by atoms with van der Waals surface area (Å²) in [6.07, 6.45) is 0.908. The average Bonchev–Trinajstić information content (AvgIpc) is 2.95. The molecule has 0 spiro atoms. The molecule has 2 amide bonds. The number of nitrogens with one attached hydrogen (secondary N) is 1. The molecule has 0 saturated carbocycles. The number of likely N-dealkylation sites (N-methyl/N-ethyl adjacent to an activating group) is 1. The smallest absolute Gasteiger partial charge is 0.264 e. The maximum atomic E-state index is 12.4. The SMILES string of the molecule is CCc1sc(C(=O)N(C)CC(=O)Nc2ccc(OC)cc2)cc1C. The van der Waals surface area contributed by atoms with E-state index in [-0.39, 0.29) is 18.4 Å². The zero-order valence-electron chi connectivity index (χ0n) is 14.4. The molecule has 128 valence electrons. The van der Waals surface area contributed by atoms with E-state index in [0.29, 0.717) is 10.6 Å². The van der Waals surface area contributed by atoms with Crippen molar-refractivity contribution >= 4 is 28.8 Å². The summed E-state index contributed by atoms with van der Waals surface area (Å²) in [6.45, 7) is 4.07. The number of benzene rings is 1. The number of methoxy groups -OCH3 is 1. The lowest BCUT2D eigenvalue weighted by atomic mass is 10.2. The van der Waals surface area contributed by atoms with Crippen molar-refractivity contribution in [3.8, 4) is 5.75 Å². The number of hydrogen-bond acceptors (Lipinski definition) is 4. The lowest BCUT2D eigenvalue weighted by molar-refractivity contribution is -0.116. The van der Waals surface area contributed by atoms with E-state index >= 15 is 0 Å². The van der Waals surface area contributed by atoms with E-state index in [4.69, 9.17) is 4.74 Å². The van der Waals surface area contributed by atoms with Gasteiger partial charge in [-0.15, -0.1) is 11.3 Å². The van der Waals surface area contributed by atoms with Crippen LogP contribution in [0.25, 0.3) is 0 Å². The number of thiophene rings is 1. The molecule has 0 unspecified atom stereocenters. The number of nitrogens with zero attached hydrogens (tertiary/aromatic N) is 1. The van der Waals surface area contributed by atoms with Crippen LogP contribution in [-0.4, -0.2) is 37.4 Å². The fourth-order valence-corrected chi connectivity index (χ4v) is 3.43. The van der Waals surface area contributed by atoms with E-state index in [1.54, 1.807) is 38.4 Å². The van der Waals surface area contributed by atoms with Crippen LogP contribution in [0.4, 0.5) is 5.69 Å². The maximum Gasteiger partial charge on any atom is 0.264 e. The number of rotatable bonds is 6. The fourth-order valence-electron chi connectivity index (χ4n) is 2.33. The number of ether oxygens (including phenoxy) is 1. The third-order valence-corrected chi connectivity index (χ3v) is 5.02. The van der Waals surface area contributed by atoms with Gasteiger partial charge in [0.05, 0.1) is 18.5 Å². The van der Waals surface area contributed by atoms with E-state index in [2.05, 4.69) is 12.2 Å². The minimum Gasteiger partial charge on any atom is -0.497 e. The van der Waals surface area contributed by atoms with Gasteiger partial charge < -0.3 is 15.0 Å². The van der Waals surface area contributed by atoms with Crippen molar-refractivity contribution in [2.45, 2.75) is 20.3 Å². The van der Waals surface area contributed by atoms with Gasteiger partial charge in [0.1, 0.15) is 5.75 Å². The molecule has 0 atom stereocenters. The van der Waals surface area contributed by atoms with Crippen molar-refractivity contribution in [1.29, 1.82) is 0 Å². The van der Waals surface area contributed by atoms with Gasteiger partial charge in [-0.25, -0.2) is 0 Å². The first-order valence-corrected chi connectivity index (χ1v) is 8.55. The van der Waals surface area contributed by atoms with Crippen molar-refractivity contribution in [3.05, 3.63) is 45.6 Å². The average molecular weight is 346 g/mol. The van der Waals surface area contributed by atoms with Crippen molar-refractivity contribution in [2.75, 3.05) is 26.0 Å². The first kappa shape index (κ1) is 18.0. The molecule has 0 fully saturated rings. The number of carbonyl (C=O) groups excluding carboxylic acids is 2. The molecular weight excluding hydrogens is 324 g/mol. The highest BCUT2D eigenvalue weighted by atomic mass is 32.1. The Bertz CT molecular complexity index is 722. The molecule has 0 aliphatic carbocycles. The maximum absolute atomic E-state index is 12.4. The highest BCUT2D eigenvalue weighted by Gasteiger charge is 2.18. The number of aryl methyl sites for hydroxylation is 2. The third kappa shape index (κ3) is 4.35. The normalized spacial score (nSPS) is 10.3. The first-order chi connectivity index (χ1) is 11.4. The Balaban J connectivity index is 1.95. The zero-order valence-corrected chi connectivity index (χ0v) is 15.2.